The number of ether oxygens (including phenoxy) is 4. The van der Waals surface area contributed by atoms with Crippen molar-refractivity contribution in [3.05, 3.63) is 134 Å². The second kappa shape index (κ2) is 74.5. The van der Waals surface area contributed by atoms with Crippen molar-refractivity contribution < 1.29 is 80.2 Å². The standard InChI is InChI=1S/C83H140O17P2/c1-5-9-13-17-21-25-29-32-35-37-38-40-42-45-49-52-56-60-64-68-81(86)94-74-79(100-83(88)70-66-62-58-54-50-46-43-39-36-33-30-26-22-18-14-10-6-2)76-98-102(91,92)96-72-77(84)71-95-101(89,90)97-75-78(99-82(87)69-65-61-57-53-47-28-24-20-16-12-8-4)73-93-80(85)67-63-59-55-51-48-44-41-34-31-27-23-19-15-11-7-3/h9-10,13-14,20-22,24-26,32-33,35-36,38,40,43,45-46,49,56,60,77-79,84H,5-8,11-12,15-19,23,27-31,34,37,39,41-42,44,47-48,50-55,57-59,61-76H2,1-4H3,(H,89,90)(H,91,92)/b13-9-,14-10-,24-20-,25-21-,26-22-,35-32-,36-33-,40-38-,46-43-,49-45-,60-56-. The Hall–Kier alpha value is -4.80. The number of aliphatic hydroxyl groups is 1. The third-order valence-electron chi connectivity index (χ3n) is 16.1. The molecule has 19 heteroatoms. The summed E-state index contributed by atoms with van der Waals surface area (Å²) in [5, 5.41) is 10.6. The van der Waals surface area contributed by atoms with Gasteiger partial charge >= 0.3 is 39.5 Å². The summed E-state index contributed by atoms with van der Waals surface area (Å²) in [4.78, 5) is 72.9. The Balaban J connectivity index is 5.42. The molecule has 0 amide bonds. The van der Waals surface area contributed by atoms with Crippen LogP contribution >= 0.6 is 15.6 Å². The van der Waals surface area contributed by atoms with Gasteiger partial charge in [-0.3, -0.25) is 37.3 Å². The summed E-state index contributed by atoms with van der Waals surface area (Å²) in [7, 11) is -9.98. The summed E-state index contributed by atoms with van der Waals surface area (Å²) >= 11 is 0. The molecule has 0 saturated carbocycles. The summed E-state index contributed by atoms with van der Waals surface area (Å²) in [6, 6.07) is 0. The summed E-state index contributed by atoms with van der Waals surface area (Å²) in [6.07, 6.45) is 83.1. The molecule has 0 aromatic heterocycles. The predicted octanol–water partition coefficient (Wildman–Crippen LogP) is 22.9. The van der Waals surface area contributed by atoms with E-state index in [0.717, 1.165) is 141 Å². The highest BCUT2D eigenvalue weighted by molar-refractivity contribution is 7.47. The minimum atomic E-state index is -5.00. The van der Waals surface area contributed by atoms with E-state index in [0.29, 0.717) is 32.1 Å². The number of carbonyl (C=O) groups is 4. The number of hydrogen-bond donors (Lipinski definition) is 3. The molecule has 0 aromatic carbocycles. The quantitative estimate of drug-likeness (QED) is 0.0169. The number of esters is 4. The van der Waals surface area contributed by atoms with Gasteiger partial charge in [0.2, 0.25) is 0 Å². The van der Waals surface area contributed by atoms with Gasteiger partial charge in [0.05, 0.1) is 26.4 Å². The van der Waals surface area contributed by atoms with Gasteiger partial charge in [-0.1, -0.05) is 296 Å². The van der Waals surface area contributed by atoms with Crippen molar-refractivity contribution in [2.45, 2.75) is 329 Å². The molecular formula is C83H140O17P2. The van der Waals surface area contributed by atoms with Crippen molar-refractivity contribution in [1.29, 1.82) is 0 Å². The number of carbonyl (C=O) groups excluding carboxylic acids is 4. The molecule has 0 aromatic rings. The third kappa shape index (κ3) is 73.5. The van der Waals surface area contributed by atoms with Crippen LogP contribution in [-0.4, -0.2) is 96.7 Å². The van der Waals surface area contributed by atoms with Crippen molar-refractivity contribution in [1.82, 2.24) is 0 Å². The minimum absolute atomic E-state index is 0.0270. The number of unbranched alkanes of at least 4 members (excludes halogenated alkanes) is 25. The maximum Gasteiger partial charge on any atom is 0.472 e. The third-order valence-corrected chi connectivity index (χ3v) is 18.0. The SMILES string of the molecule is CC/C=C\C/C=C\C/C=C\C/C=C\C/C=C\C/C=C\CCC(=O)OCC(COP(=O)(O)OCC(O)COP(=O)(O)OCC(COC(=O)CCCCCCCCCCCCCCCCC)OC(=O)CCCCCCC/C=C\CCCC)OC(=O)CCCCCC/C=C\C/C=C\C/C=C\C/C=C\CC. The molecule has 584 valence electrons. The first-order valence-corrected chi connectivity index (χ1v) is 42.4. The van der Waals surface area contributed by atoms with E-state index in [2.05, 4.69) is 143 Å². The zero-order chi connectivity index (χ0) is 74.6. The number of hydrogen-bond acceptors (Lipinski definition) is 15. The fourth-order valence-corrected chi connectivity index (χ4v) is 11.7. The Bertz CT molecular complexity index is 2460. The molecule has 0 bridgehead atoms. The second-order valence-corrected chi connectivity index (χ2v) is 28.8. The molecule has 0 aliphatic carbocycles. The van der Waals surface area contributed by atoms with E-state index in [4.69, 9.17) is 37.0 Å². The first-order chi connectivity index (χ1) is 49.7. The molecule has 5 atom stereocenters. The van der Waals surface area contributed by atoms with E-state index < -0.39 is 97.5 Å². The molecule has 0 radical (unpaired) electrons. The molecule has 0 spiro atoms. The Morgan fingerprint density at radius 3 is 0.882 bits per heavy atom. The number of allylic oxidation sites excluding steroid dienone is 22. The number of rotatable bonds is 73. The van der Waals surface area contributed by atoms with Crippen molar-refractivity contribution in [3.63, 3.8) is 0 Å². The van der Waals surface area contributed by atoms with Crippen LogP contribution in [0.25, 0.3) is 0 Å². The normalized spacial score (nSPS) is 14.6. The van der Waals surface area contributed by atoms with Gasteiger partial charge in [0, 0.05) is 25.7 Å². The molecule has 0 heterocycles. The van der Waals surface area contributed by atoms with Crippen LogP contribution in [0.5, 0.6) is 0 Å². The zero-order valence-corrected chi connectivity index (χ0v) is 65.5. The van der Waals surface area contributed by atoms with E-state index in [9.17, 15) is 43.2 Å². The molecule has 0 rings (SSSR count). The summed E-state index contributed by atoms with van der Waals surface area (Å²) in [5.41, 5.74) is 0. The maximum atomic E-state index is 13.1. The van der Waals surface area contributed by atoms with Crippen LogP contribution in [0.2, 0.25) is 0 Å². The van der Waals surface area contributed by atoms with Crippen LogP contribution in [0.15, 0.2) is 134 Å². The Morgan fingerprint density at radius 2 is 0.539 bits per heavy atom. The van der Waals surface area contributed by atoms with Crippen LogP contribution in [0, 0.1) is 0 Å². The van der Waals surface area contributed by atoms with Crippen LogP contribution in [0.4, 0.5) is 0 Å². The van der Waals surface area contributed by atoms with Gasteiger partial charge in [-0.15, -0.1) is 0 Å². The highest BCUT2D eigenvalue weighted by Crippen LogP contribution is 2.45. The Morgan fingerprint density at radius 1 is 0.284 bits per heavy atom. The first-order valence-electron chi connectivity index (χ1n) is 39.4. The van der Waals surface area contributed by atoms with E-state index in [-0.39, 0.29) is 25.7 Å². The monoisotopic (exact) mass is 1470 g/mol. The van der Waals surface area contributed by atoms with Gasteiger partial charge in [-0.05, 0) is 122 Å². The van der Waals surface area contributed by atoms with Gasteiger partial charge in [-0.2, -0.15) is 0 Å². The molecule has 17 nitrogen and oxygen atoms in total. The molecule has 0 aliphatic heterocycles. The maximum absolute atomic E-state index is 13.1. The average Bonchev–Trinajstić information content (AvgIpc) is 0.921. The van der Waals surface area contributed by atoms with Crippen LogP contribution < -0.4 is 0 Å². The van der Waals surface area contributed by atoms with Crippen molar-refractivity contribution in [2.75, 3.05) is 39.6 Å². The van der Waals surface area contributed by atoms with Gasteiger partial charge in [0.15, 0.2) is 12.2 Å². The highest BCUT2D eigenvalue weighted by atomic mass is 31.2. The fraction of sp³-hybridized carbons (Fsp3) is 0.687. The predicted molar refractivity (Wildman–Crippen MR) is 418 cm³/mol. The topological polar surface area (TPSA) is 237 Å². The highest BCUT2D eigenvalue weighted by Gasteiger charge is 2.30. The zero-order valence-electron chi connectivity index (χ0n) is 63.7. The van der Waals surface area contributed by atoms with Gasteiger partial charge < -0.3 is 33.8 Å². The van der Waals surface area contributed by atoms with Crippen LogP contribution in [0.1, 0.15) is 310 Å². The molecule has 3 N–H and O–H groups in total. The lowest BCUT2D eigenvalue weighted by Crippen LogP contribution is -2.30. The number of phosphoric ester groups is 2. The summed E-state index contributed by atoms with van der Waals surface area (Å²) < 4.78 is 68.4. The number of aliphatic hydroxyl groups excluding tert-OH is 1. The first kappa shape index (κ1) is 97.2. The molecule has 0 fully saturated rings. The minimum Gasteiger partial charge on any atom is -0.462 e. The molecular weight excluding hydrogens is 1330 g/mol. The van der Waals surface area contributed by atoms with Crippen LogP contribution in [-0.2, 0) is 65.4 Å². The fourth-order valence-electron chi connectivity index (χ4n) is 10.2. The van der Waals surface area contributed by atoms with Crippen molar-refractivity contribution >= 4 is 39.5 Å². The largest absolute Gasteiger partial charge is 0.472 e. The van der Waals surface area contributed by atoms with Crippen molar-refractivity contribution in [2.24, 2.45) is 0 Å². The lowest BCUT2D eigenvalue weighted by molar-refractivity contribution is -0.161. The second-order valence-electron chi connectivity index (χ2n) is 25.9. The van der Waals surface area contributed by atoms with Crippen LogP contribution in [0.3, 0.4) is 0 Å². The van der Waals surface area contributed by atoms with Gasteiger partial charge in [-0.25, -0.2) is 9.13 Å². The van der Waals surface area contributed by atoms with E-state index in [1.807, 2.05) is 18.2 Å². The lowest BCUT2D eigenvalue weighted by Gasteiger charge is -2.21. The Labute approximate surface area is 618 Å². The smallest absolute Gasteiger partial charge is 0.462 e. The van der Waals surface area contributed by atoms with Gasteiger partial charge in [0.25, 0.3) is 0 Å². The van der Waals surface area contributed by atoms with E-state index in [1.165, 1.54) is 83.5 Å². The summed E-state index contributed by atoms with van der Waals surface area (Å²) in [6.45, 7) is 4.50. The Kier molecular flexibility index (Phi) is 71.0. The molecule has 5 unspecified atom stereocenters. The lowest BCUT2D eigenvalue weighted by atomic mass is 10.0. The molecule has 0 saturated heterocycles. The number of phosphoric acid groups is 2. The summed E-state index contributed by atoms with van der Waals surface area (Å²) in [5.74, 6) is -2.31. The average molecular weight is 1470 g/mol. The van der Waals surface area contributed by atoms with Crippen molar-refractivity contribution in [3.8, 4) is 0 Å². The van der Waals surface area contributed by atoms with E-state index in [1.54, 1.807) is 0 Å². The molecule has 0 aliphatic rings. The van der Waals surface area contributed by atoms with Gasteiger partial charge in [0.1, 0.15) is 19.3 Å². The molecule has 102 heavy (non-hydrogen) atoms. The van der Waals surface area contributed by atoms with E-state index >= 15 is 0 Å².